The molecular weight excluding hydrogens is 405 g/mol. The van der Waals surface area contributed by atoms with Crippen LogP contribution in [-0.4, -0.2) is 34.7 Å². The molecule has 0 saturated carbocycles. The van der Waals surface area contributed by atoms with Crippen LogP contribution >= 0.6 is 11.3 Å². The van der Waals surface area contributed by atoms with E-state index in [0.29, 0.717) is 38.6 Å². The number of ether oxygens (including phenoxy) is 2. The first kappa shape index (κ1) is 19.3. The van der Waals surface area contributed by atoms with E-state index in [4.69, 9.17) is 10.5 Å². The van der Waals surface area contributed by atoms with Crippen LogP contribution in [0.3, 0.4) is 0 Å². The minimum atomic E-state index is -2.99. The van der Waals surface area contributed by atoms with Gasteiger partial charge in [-0.25, -0.2) is 19.3 Å². The summed E-state index contributed by atoms with van der Waals surface area (Å²) in [5, 5.41) is 0.528. The number of aryl methyl sites for hydroxylation is 1. The van der Waals surface area contributed by atoms with Crippen molar-refractivity contribution in [1.29, 1.82) is 0 Å². The first-order valence-electron chi connectivity index (χ1n) is 8.60. The summed E-state index contributed by atoms with van der Waals surface area (Å²) < 4.78 is 49.7. The zero-order valence-electron chi connectivity index (χ0n) is 15.2. The van der Waals surface area contributed by atoms with E-state index in [0.717, 1.165) is 11.8 Å². The maximum Gasteiger partial charge on any atom is 0.388 e. The molecule has 2 N–H and O–H groups in total. The van der Waals surface area contributed by atoms with Crippen LogP contribution < -0.4 is 15.2 Å². The normalized spacial score (nSPS) is 11.5. The first-order chi connectivity index (χ1) is 13.9. The molecule has 0 amide bonds. The van der Waals surface area contributed by atoms with Gasteiger partial charge in [0.1, 0.15) is 22.9 Å². The monoisotopic (exact) mass is 420 g/mol. The van der Waals surface area contributed by atoms with Gasteiger partial charge in [0.15, 0.2) is 5.82 Å². The lowest BCUT2D eigenvalue weighted by Gasteiger charge is -2.07. The standard InChI is InChI=1S/C19H15F3N4O2S/c1-9-4-11(16-13(5-9)25-15(8-24-16)28-19(21)22)18-26-17-12(20)6-10(27-3-2-23)7-14(17)29-18/h4-8,19H,2-3,23H2,1H3. The van der Waals surface area contributed by atoms with Crippen molar-refractivity contribution in [1.82, 2.24) is 15.0 Å². The number of hydrogen-bond acceptors (Lipinski definition) is 7. The Bertz CT molecular complexity index is 1200. The lowest BCUT2D eigenvalue weighted by molar-refractivity contribution is -0.0528. The lowest BCUT2D eigenvalue weighted by Crippen LogP contribution is -2.10. The van der Waals surface area contributed by atoms with Gasteiger partial charge in [-0.1, -0.05) is 0 Å². The van der Waals surface area contributed by atoms with Gasteiger partial charge in [0.25, 0.3) is 0 Å². The quantitative estimate of drug-likeness (QED) is 0.501. The Balaban J connectivity index is 1.83. The molecule has 0 unspecified atom stereocenters. The van der Waals surface area contributed by atoms with E-state index in [2.05, 4.69) is 19.7 Å². The number of nitrogens with zero attached hydrogens (tertiary/aromatic N) is 3. The Kier molecular flexibility index (Phi) is 5.20. The fourth-order valence-electron chi connectivity index (χ4n) is 2.90. The van der Waals surface area contributed by atoms with Crippen molar-refractivity contribution >= 4 is 32.6 Å². The molecule has 6 nitrogen and oxygen atoms in total. The summed E-state index contributed by atoms with van der Waals surface area (Å²) >= 11 is 1.27. The number of rotatable bonds is 6. The third-order valence-corrected chi connectivity index (χ3v) is 5.05. The Labute approximate surface area is 167 Å². The van der Waals surface area contributed by atoms with Gasteiger partial charge in [0, 0.05) is 18.2 Å². The Morgan fingerprint density at radius 2 is 1.97 bits per heavy atom. The van der Waals surface area contributed by atoms with Crippen molar-refractivity contribution in [3.05, 3.63) is 41.8 Å². The lowest BCUT2D eigenvalue weighted by atomic mass is 10.1. The highest BCUT2D eigenvalue weighted by atomic mass is 32.1. The van der Waals surface area contributed by atoms with Crippen LogP contribution in [0, 0.1) is 12.7 Å². The molecular formula is C19H15F3N4O2S. The second kappa shape index (κ2) is 7.80. The number of aromatic nitrogens is 3. The molecule has 0 radical (unpaired) electrons. The van der Waals surface area contributed by atoms with Gasteiger partial charge in [-0.2, -0.15) is 8.78 Å². The molecule has 2 aromatic heterocycles. The van der Waals surface area contributed by atoms with Crippen molar-refractivity contribution in [2.75, 3.05) is 13.2 Å². The van der Waals surface area contributed by atoms with Gasteiger partial charge >= 0.3 is 6.61 Å². The van der Waals surface area contributed by atoms with Crippen LogP contribution in [0.5, 0.6) is 11.6 Å². The van der Waals surface area contributed by atoms with Gasteiger partial charge < -0.3 is 15.2 Å². The van der Waals surface area contributed by atoms with Crippen LogP contribution in [0.4, 0.5) is 13.2 Å². The summed E-state index contributed by atoms with van der Waals surface area (Å²) in [6.45, 7) is -0.567. The van der Waals surface area contributed by atoms with Gasteiger partial charge in [0.2, 0.25) is 5.88 Å². The van der Waals surface area contributed by atoms with E-state index in [-0.39, 0.29) is 18.0 Å². The average Bonchev–Trinajstić information content (AvgIpc) is 3.09. The van der Waals surface area contributed by atoms with E-state index < -0.39 is 12.4 Å². The fourth-order valence-corrected chi connectivity index (χ4v) is 3.93. The molecule has 0 aliphatic rings. The highest BCUT2D eigenvalue weighted by Crippen LogP contribution is 2.37. The van der Waals surface area contributed by atoms with Crippen LogP contribution in [0.25, 0.3) is 31.8 Å². The highest BCUT2D eigenvalue weighted by Gasteiger charge is 2.17. The Morgan fingerprint density at radius 3 is 2.72 bits per heavy atom. The summed E-state index contributed by atoms with van der Waals surface area (Å²) in [6.07, 6.45) is 1.12. The molecule has 0 bridgehead atoms. The van der Waals surface area contributed by atoms with Crippen LogP contribution in [0.1, 0.15) is 5.56 Å². The summed E-state index contributed by atoms with van der Waals surface area (Å²) in [6, 6.07) is 6.51. The van der Waals surface area contributed by atoms with E-state index in [1.54, 1.807) is 12.1 Å². The van der Waals surface area contributed by atoms with E-state index in [9.17, 15) is 13.2 Å². The van der Waals surface area contributed by atoms with Crippen LogP contribution in [0.2, 0.25) is 0 Å². The Hall–Kier alpha value is -2.98. The fraction of sp³-hybridized carbons (Fsp3) is 0.211. The SMILES string of the molecule is Cc1cc(-c2nc3c(F)cc(OCCN)cc3s2)c2ncc(OC(F)F)nc2c1. The summed E-state index contributed by atoms with van der Waals surface area (Å²) in [4.78, 5) is 12.7. The smallest absolute Gasteiger partial charge is 0.388 e. The summed E-state index contributed by atoms with van der Waals surface area (Å²) in [5.41, 5.74) is 7.92. The number of hydrogen-bond donors (Lipinski definition) is 1. The minimum absolute atomic E-state index is 0.213. The molecule has 2 heterocycles. The van der Waals surface area contributed by atoms with Gasteiger partial charge in [-0.15, -0.1) is 11.3 Å². The number of fused-ring (bicyclic) bond motifs is 2. The molecule has 150 valence electrons. The topological polar surface area (TPSA) is 83.2 Å². The molecule has 0 atom stereocenters. The third-order valence-electron chi connectivity index (χ3n) is 4.02. The van der Waals surface area contributed by atoms with Crippen molar-refractivity contribution in [2.45, 2.75) is 13.5 Å². The van der Waals surface area contributed by atoms with Crippen molar-refractivity contribution in [3.63, 3.8) is 0 Å². The molecule has 10 heteroatoms. The van der Waals surface area contributed by atoms with Gasteiger partial charge in [-0.3, -0.25) is 0 Å². The van der Waals surface area contributed by atoms with E-state index in [1.807, 2.05) is 13.0 Å². The second-order valence-electron chi connectivity index (χ2n) is 6.17. The molecule has 0 aliphatic carbocycles. The molecule has 2 aromatic carbocycles. The zero-order valence-corrected chi connectivity index (χ0v) is 16.0. The average molecular weight is 420 g/mol. The number of benzene rings is 2. The molecule has 29 heavy (non-hydrogen) atoms. The molecule has 0 aliphatic heterocycles. The summed E-state index contributed by atoms with van der Waals surface area (Å²) in [5.74, 6) is -0.410. The van der Waals surface area contributed by atoms with Crippen molar-refractivity contribution in [3.8, 4) is 22.2 Å². The van der Waals surface area contributed by atoms with Crippen LogP contribution in [-0.2, 0) is 0 Å². The predicted octanol–water partition coefficient (Wildman–Crippen LogP) is 4.29. The number of alkyl halides is 2. The minimum Gasteiger partial charge on any atom is -0.492 e. The van der Waals surface area contributed by atoms with Crippen LogP contribution in [0.15, 0.2) is 30.5 Å². The van der Waals surface area contributed by atoms with Gasteiger partial charge in [-0.05, 0) is 30.7 Å². The predicted molar refractivity (Wildman–Crippen MR) is 104 cm³/mol. The highest BCUT2D eigenvalue weighted by molar-refractivity contribution is 7.21. The van der Waals surface area contributed by atoms with Gasteiger partial charge in [0.05, 0.1) is 21.9 Å². The number of halogens is 3. The van der Waals surface area contributed by atoms with Crippen molar-refractivity contribution < 1.29 is 22.6 Å². The number of nitrogens with two attached hydrogens (primary N) is 1. The molecule has 0 saturated heterocycles. The van der Waals surface area contributed by atoms with Crippen molar-refractivity contribution in [2.24, 2.45) is 5.73 Å². The maximum atomic E-state index is 14.5. The molecule has 0 spiro atoms. The maximum absolute atomic E-state index is 14.5. The largest absolute Gasteiger partial charge is 0.492 e. The summed E-state index contributed by atoms with van der Waals surface area (Å²) in [7, 11) is 0. The Morgan fingerprint density at radius 1 is 1.14 bits per heavy atom. The second-order valence-corrected chi connectivity index (χ2v) is 7.21. The molecule has 4 rings (SSSR count). The molecule has 0 fully saturated rings. The van der Waals surface area contributed by atoms with E-state index >= 15 is 0 Å². The number of thiazole rings is 1. The molecule has 4 aromatic rings. The first-order valence-corrected chi connectivity index (χ1v) is 9.42. The zero-order chi connectivity index (χ0) is 20.5. The third kappa shape index (κ3) is 3.94. The van der Waals surface area contributed by atoms with E-state index in [1.165, 1.54) is 17.4 Å².